The quantitative estimate of drug-likeness (QED) is 0.537. The Bertz CT molecular complexity index is 391. The van der Waals surface area contributed by atoms with Crippen molar-refractivity contribution in [3.05, 3.63) is 12.2 Å². The third-order valence-corrected chi connectivity index (χ3v) is 3.70. The molecule has 6 nitrogen and oxygen atoms in total. The average Bonchev–Trinajstić information content (AvgIpc) is 2.26. The normalized spacial score (nSPS) is 22.8. The van der Waals surface area contributed by atoms with E-state index in [9.17, 15) is 13.2 Å². The third-order valence-electron chi connectivity index (χ3n) is 2.40. The van der Waals surface area contributed by atoms with Crippen molar-refractivity contribution in [1.82, 2.24) is 9.62 Å². The van der Waals surface area contributed by atoms with Gasteiger partial charge in [-0.1, -0.05) is 6.08 Å². The molecule has 0 aromatic rings. The number of carbonyl (C=O) groups excluding carboxylic acids is 1. The largest absolute Gasteiger partial charge is 0.463 e. The summed E-state index contributed by atoms with van der Waals surface area (Å²) < 4.78 is 29.1. The third kappa shape index (κ3) is 4.45. The Morgan fingerprint density at radius 3 is 2.88 bits per heavy atom. The molecule has 0 saturated carbocycles. The van der Waals surface area contributed by atoms with Crippen molar-refractivity contribution in [2.45, 2.75) is 13.0 Å². The number of esters is 1. The van der Waals surface area contributed by atoms with Crippen LogP contribution in [0.25, 0.3) is 0 Å². The first-order valence-corrected chi connectivity index (χ1v) is 7.32. The van der Waals surface area contributed by atoms with E-state index in [4.69, 9.17) is 4.74 Å². The van der Waals surface area contributed by atoms with Crippen molar-refractivity contribution in [3.8, 4) is 0 Å². The predicted molar refractivity (Wildman–Crippen MR) is 64.0 cm³/mol. The van der Waals surface area contributed by atoms with Crippen molar-refractivity contribution in [1.29, 1.82) is 0 Å². The molecule has 1 unspecified atom stereocenters. The number of nitrogens with zero attached hydrogens (tertiary/aromatic N) is 1. The van der Waals surface area contributed by atoms with Gasteiger partial charge in [-0.05, 0) is 6.92 Å². The van der Waals surface area contributed by atoms with Gasteiger partial charge in [0, 0.05) is 25.7 Å². The monoisotopic (exact) mass is 262 g/mol. The fourth-order valence-electron chi connectivity index (χ4n) is 1.66. The highest BCUT2D eigenvalue weighted by molar-refractivity contribution is 7.88. The number of nitrogens with one attached hydrogen (secondary N) is 1. The molecule has 98 valence electrons. The summed E-state index contributed by atoms with van der Waals surface area (Å²) in [6, 6.07) is -0.330. The topological polar surface area (TPSA) is 75.7 Å². The van der Waals surface area contributed by atoms with E-state index < -0.39 is 16.0 Å². The van der Waals surface area contributed by atoms with Gasteiger partial charge in [-0.15, -0.1) is 0 Å². The lowest BCUT2D eigenvalue weighted by molar-refractivity contribution is -0.137. The minimum Gasteiger partial charge on any atom is -0.463 e. The van der Waals surface area contributed by atoms with Crippen molar-refractivity contribution in [2.24, 2.45) is 0 Å². The Hall–Kier alpha value is -0.920. The maximum absolute atomic E-state index is 11.5. The summed E-state index contributed by atoms with van der Waals surface area (Å²) in [7, 11) is -3.25. The molecular formula is C10H18N2O4S. The molecule has 0 aliphatic carbocycles. The molecule has 0 spiro atoms. The molecule has 1 atom stereocenters. The second-order valence-electron chi connectivity index (χ2n) is 3.76. The van der Waals surface area contributed by atoms with Gasteiger partial charge in [-0.2, -0.15) is 4.31 Å². The SMILES string of the molecule is CCOC(=O)/C=C/C1CNCCN1S(C)(=O)=O. The van der Waals surface area contributed by atoms with Crippen molar-refractivity contribution < 1.29 is 17.9 Å². The van der Waals surface area contributed by atoms with Crippen LogP contribution in [0, 0.1) is 0 Å². The molecule has 1 saturated heterocycles. The Kier molecular flexibility index (Phi) is 5.10. The summed E-state index contributed by atoms with van der Waals surface area (Å²) in [5, 5.41) is 3.08. The zero-order valence-corrected chi connectivity index (χ0v) is 10.9. The highest BCUT2D eigenvalue weighted by atomic mass is 32.2. The van der Waals surface area contributed by atoms with Crippen LogP contribution in [0.4, 0.5) is 0 Å². The van der Waals surface area contributed by atoms with Crippen molar-refractivity contribution in [2.75, 3.05) is 32.5 Å². The molecule has 1 N–H and O–H groups in total. The number of rotatable bonds is 4. The van der Waals surface area contributed by atoms with Crippen LogP contribution in [0.1, 0.15) is 6.92 Å². The van der Waals surface area contributed by atoms with E-state index in [2.05, 4.69) is 5.32 Å². The average molecular weight is 262 g/mol. The summed E-state index contributed by atoms with van der Waals surface area (Å²) in [5.41, 5.74) is 0. The zero-order chi connectivity index (χ0) is 12.9. The molecule has 0 amide bonds. The van der Waals surface area contributed by atoms with Gasteiger partial charge in [0.15, 0.2) is 0 Å². The zero-order valence-electron chi connectivity index (χ0n) is 10.0. The van der Waals surface area contributed by atoms with Crippen LogP contribution >= 0.6 is 0 Å². The molecule has 0 aromatic carbocycles. The number of carbonyl (C=O) groups is 1. The van der Waals surface area contributed by atoms with Gasteiger partial charge in [-0.25, -0.2) is 13.2 Å². The molecular weight excluding hydrogens is 244 g/mol. The van der Waals surface area contributed by atoms with E-state index in [1.54, 1.807) is 13.0 Å². The number of ether oxygens (including phenoxy) is 1. The number of sulfonamides is 1. The summed E-state index contributed by atoms with van der Waals surface area (Å²) >= 11 is 0. The lowest BCUT2D eigenvalue weighted by atomic mass is 10.2. The van der Waals surface area contributed by atoms with Crippen LogP contribution in [-0.2, 0) is 19.6 Å². The maximum atomic E-state index is 11.5. The highest BCUT2D eigenvalue weighted by Crippen LogP contribution is 2.09. The van der Waals surface area contributed by atoms with Crippen LogP contribution in [0.3, 0.4) is 0 Å². The number of hydrogen-bond donors (Lipinski definition) is 1. The molecule has 0 bridgehead atoms. The van der Waals surface area contributed by atoms with Crippen LogP contribution in [0.5, 0.6) is 0 Å². The molecule has 7 heteroatoms. The first-order valence-electron chi connectivity index (χ1n) is 5.47. The second-order valence-corrected chi connectivity index (χ2v) is 5.69. The van der Waals surface area contributed by atoms with E-state index in [0.717, 1.165) is 0 Å². The van der Waals surface area contributed by atoms with E-state index >= 15 is 0 Å². The lowest BCUT2D eigenvalue weighted by Gasteiger charge is -2.32. The molecule has 17 heavy (non-hydrogen) atoms. The molecule has 1 rings (SSSR count). The Balaban J connectivity index is 2.69. The Labute approximate surface area is 102 Å². The standard InChI is InChI=1S/C10H18N2O4S/c1-3-16-10(13)5-4-9-8-11-6-7-12(9)17(2,14)15/h4-5,9,11H,3,6-8H2,1-2H3/b5-4+. The van der Waals surface area contributed by atoms with E-state index in [-0.39, 0.29) is 6.04 Å². The molecule has 0 radical (unpaired) electrons. The van der Waals surface area contributed by atoms with Gasteiger partial charge >= 0.3 is 5.97 Å². The van der Waals surface area contributed by atoms with E-state index in [1.165, 1.54) is 16.6 Å². The summed E-state index contributed by atoms with van der Waals surface area (Å²) in [6.45, 7) is 3.56. The van der Waals surface area contributed by atoms with Crippen LogP contribution in [0.2, 0.25) is 0 Å². The first kappa shape index (κ1) is 14.1. The Morgan fingerprint density at radius 1 is 1.59 bits per heavy atom. The minimum absolute atomic E-state index is 0.307. The molecule has 1 fully saturated rings. The van der Waals surface area contributed by atoms with Crippen LogP contribution in [-0.4, -0.2) is 57.2 Å². The van der Waals surface area contributed by atoms with Crippen molar-refractivity contribution >= 4 is 16.0 Å². The second kappa shape index (κ2) is 6.13. The van der Waals surface area contributed by atoms with Gasteiger partial charge in [-0.3, -0.25) is 0 Å². The predicted octanol–water partition coefficient (Wildman–Crippen LogP) is -0.661. The summed E-state index contributed by atoms with van der Waals surface area (Å²) in [4.78, 5) is 11.1. The minimum atomic E-state index is -3.25. The maximum Gasteiger partial charge on any atom is 0.330 e. The summed E-state index contributed by atoms with van der Waals surface area (Å²) in [6.07, 6.45) is 4.01. The van der Waals surface area contributed by atoms with Crippen LogP contribution < -0.4 is 5.32 Å². The van der Waals surface area contributed by atoms with E-state index in [1.807, 2.05) is 0 Å². The van der Waals surface area contributed by atoms with Gasteiger partial charge in [0.1, 0.15) is 0 Å². The fourth-order valence-corrected chi connectivity index (χ4v) is 2.72. The van der Waals surface area contributed by atoms with Gasteiger partial charge in [0.2, 0.25) is 10.0 Å². The van der Waals surface area contributed by atoms with Gasteiger partial charge < -0.3 is 10.1 Å². The molecule has 1 aliphatic rings. The van der Waals surface area contributed by atoms with Crippen LogP contribution in [0.15, 0.2) is 12.2 Å². The molecule has 0 aromatic heterocycles. The smallest absolute Gasteiger partial charge is 0.330 e. The molecule has 1 heterocycles. The Morgan fingerprint density at radius 2 is 2.29 bits per heavy atom. The van der Waals surface area contributed by atoms with Gasteiger partial charge in [0.05, 0.1) is 18.9 Å². The number of hydrogen-bond acceptors (Lipinski definition) is 5. The first-order chi connectivity index (χ1) is 7.95. The highest BCUT2D eigenvalue weighted by Gasteiger charge is 2.27. The number of piperazine rings is 1. The van der Waals surface area contributed by atoms with Crippen molar-refractivity contribution in [3.63, 3.8) is 0 Å². The molecule has 1 aliphatic heterocycles. The fraction of sp³-hybridized carbons (Fsp3) is 0.700. The summed E-state index contributed by atoms with van der Waals surface area (Å²) in [5.74, 6) is -0.452. The lowest BCUT2D eigenvalue weighted by Crippen LogP contribution is -2.52. The van der Waals surface area contributed by atoms with E-state index in [0.29, 0.717) is 26.2 Å². The van der Waals surface area contributed by atoms with Gasteiger partial charge in [0.25, 0.3) is 0 Å².